The first-order chi connectivity index (χ1) is 17.5. The van der Waals surface area contributed by atoms with Gasteiger partial charge >= 0.3 is 5.69 Å². The van der Waals surface area contributed by atoms with E-state index in [0.29, 0.717) is 29.0 Å². The molecule has 180 valence electrons. The molecule has 1 N–H and O–H groups in total. The molecule has 0 saturated heterocycles. The molecule has 5 rings (SSSR count). The number of nitrogens with one attached hydrogen (secondary N) is 1. The molecule has 2 heterocycles. The van der Waals surface area contributed by atoms with Crippen LogP contribution in [-0.4, -0.2) is 15.0 Å². The van der Waals surface area contributed by atoms with Crippen molar-refractivity contribution in [1.29, 1.82) is 0 Å². The Morgan fingerprint density at radius 2 is 1.53 bits per heavy atom. The summed E-state index contributed by atoms with van der Waals surface area (Å²) in [7, 11) is 0. The summed E-state index contributed by atoms with van der Waals surface area (Å²) in [4.78, 5) is 39.1. The maximum atomic E-state index is 13.5. The first kappa shape index (κ1) is 23.5. The Morgan fingerprint density at radius 3 is 2.25 bits per heavy atom. The molecule has 0 bridgehead atoms. The summed E-state index contributed by atoms with van der Waals surface area (Å²) >= 11 is 1.33. The molecule has 3 aromatic carbocycles. The second kappa shape index (κ2) is 10.2. The van der Waals surface area contributed by atoms with Crippen LogP contribution >= 0.6 is 11.3 Å². The average Bonchev–Trinajstić information content (AvgIpc) is 3.38. The van der Waals surface area contributed by atoms with E-state index in [2.05, 4.69) is 5.32 Å². The van der Waals surface area contributed by atoms with Crippen molar-refractivity contribution in [2.75, 3.05) is 0 Å². The predicted octanol–water partition coefficient (Wildman–Crippen LogP) is 4.43. The molecule has 0 aliphatic heterocycles. The number of nitrogens with zero attached hydrogens (tertiary/aromatic N) is 2. The van der Waals surface area contributed by atoms with Gasteiger partial charge in [-0.15, -0.1) is 11.3 Å². The van der Waals surface area contributed by atoms with Gasteiger partial charge in [-0.2, -0.15) is 0 Å². The van der Waals surface area contributed by atoms with Crippen molar-refractivity contribution in [3.05, 3.63) is 133 Å². The van der Waals surface area contributed by atoms with Crippen molar-refractivity contribution in [2.45, 2.75) is 26.4 Å². The highest BCUT2D eigenvalue weighted by molar-refractivity contribution is 7.17. The van der Waals surface area contributed by atoms with E-state index in [4.69, 9.17) is 0 Å². The van der Waals surface area contributed by atoms with E-state index in [1.165, 1.54) is 15.9 Å². The zero-order valence-corrected chi connectivity index (χ0v) is 20.6. The highest BCUT2D eigenvalue weighted by Gasteiger charge is 2.16. The molecule has 0 fully saturated rings. The number of amides is 1. The zero-order valence-electron chi connectivity index (χ0n) is 19.8. The van der Waals surface area contributed by atoms with Gasteiger partial charge < -0.3 is 5.32 Å². The molecule has 7 heteroatoms. The Kier molecular flexibility index (Phi) is 6.64. The molecule has 2 aromatic heterocycles. The number of aryl methyl sites for hydroxylation is 1. The Hall–Kier alpha value is -4.23. The fraction of sp³-hybridized carbons (Fsp3) is 0.138. The van der Waals surface area contributed by atoms with Crippen LogP contribution in [0.25, 0.3) is 15.9 Å². The Balaban J connectivity index is 1.41. The highest BCUT2D eigenvalue weighted by atomic mass is 32.1. The number of carbonyl (C=O) groups is 1. The number of hydrogen-bond acceptors (Lipinski definition) is 4. The lowest BCUT2D eigenvalue weighted by atomic mass is 10.1. The van der Waals surface area contributed by atoms with E-state index in [-0.39, 0.29) is 23.6 Å². The molecular weight excluding hydrogens is 470 g/mol. The largest absolute Gasteiger partial charge is 0.352 e. The number of hydrogen-bond donors (Lipinski definition) is 1. The first-order valence-corrected chi connectivity index (χ1v) is 12.6. The minimum absolute atomic E-state index is 0.0933. The van der Waals surface area contributed by atoms with Crippen LogP contribution in [0, 0.1) is 6.92 Å². The fourth-order valence-electron chi connectivity index (χ4n) is 4.15. The minimum Gasteiger partial charge on any atom is -0.352 e. The van der Waals surface area contributed by atoms with E-state index in [0.717, 1.165) is 22.3 Å². The first-order valence-electron chi connectivity index (χ1n) is 11.7. The van der Waals surface area contributed by atoms with Crippen LogP contribution in [-0.2, 0) is 24.3 Å². The third-order valence-electron chi connectivity index (χ3n) is 6.11. The van der Waals surface area contributed by atoms with Gasteiger partial charge in [0.1, 0.15) is 4.70 Å². The van der Waals surface area contributed by atoms with Gasteiger partial charge in [0.15, 0.2) is 0 Å². The molecule has 0 aliphatic carbocycles. The van der Waals surface area contributed by atoms with Crippen LogP contribution in [0.4, 0.5) is 0 Å². The lowest BCUT2D eigenvalue weighted by Crippen LogP contribution is -2.38. The number of thiophene rings is 1. The number of aromatic nitrogens is 2. The van der Waals surface area contributed by atoms with E-state index < -0.39 is 0 Å². The van der Waals surface area contributed by atoms with Gasteiger partial charge in [-0.25, -0.2) is 9.36 Å². The van der Waals surface area contributed by atoms with Crippen molar-refractivity contribution in [1.82, 2.24) is 14.5 Å². The third kappa shape index (κ3) is 4.92. The summed E-state index contributed by atoms with van der Waals surface area (Å²) in [6, 6.07) is 26.6. The molecule has 0 spiro atoms. The summed E-state index contributed by atoms with van der Waals surface area (Å²) in [5.41, 5.74) is 4.35. The molecule has 1 amide bonds. The Bertz CT molecular complexity index is 1630. The quantitative estimate of drug-likeness (QED) is 0.363. The molecule has 0 atom stereocenters. The van der Waals surface area contributed by atoms with Crippen LogP contribution in [0.5, 0.6) is 0 Å². The van der Waals surface area contributed by atoms with E-state index in [1.54, 1.807) is 28.8 Å². The smallest absolute Gasteiger partial charge is 0.336 e. The molecule has 6 nitrogen and oxygen atoms in total. The third-order valence-corrected chi connectivity index (χ3v) is 7.00. The van der Waals surface area contributed by atoms with Gasteiger partial charge in [-0.3, -0.25) is 14.2 Å². The van der Waals surface area contributed by atoms with Gasteiger partial charge in [0.2, 0.25) is 5.91 Å². The highest BCUT2D eigenvalue weighted by Crippen LogP contribution is 2.18. The van der Waals surface area contributed by atoms with Crippen LogP contribution < -0.4 is 16.6 Å². The maximum Gasteiger partial charge on any atom is 0.336 e. The van der Waals surface area contributed by atoms with Crippen LogP contribution in [0.3, 0.4) is 0 Å². The molecule has 0 radical (unpaired) electrons. The van der Waals surface area contributed by atoms with Gasteiger partial charge in [0.25, 0.3) is 5.56 Å². The van der Waals surface area contributed by atoms with Crippen LogP contribution in [0.2, 0.25) is 0 Å². The summed E-state index contributed by atoms with van der Waals surface area (Å²) in [6.45, 7) is 2.85. The van der Waals surface area contributed by atoms with Gasteiger partial charge in [-0.05, 0) is 47.2 Å². The zero-order chi connectivity index (χ0) is 25.1. The molecule has 0 aliphatic rings. The predicted molar refractivity (Wildman–Crippen MR) is 144 cm³/mol. The lowest BCUT2D eigenvalue weighted by molar-refractivity contribution is -0.120. The van der Waals surface area contributed by atoms with Crippen LogP contribution in [0.15, 0.2) is 99.9 Å². The number of rotatable bonds is 7. The number of benzene rings is 3. The SMILES string of the molecule is Cc1ccc(Cn2c(=O)n(-c3ccc(CC(=O)NCc4ccccc4)cc3)c(=O)c3sccc32)cc1. The Labute approximate surface area is 212 Å². The van der Waals surface area contributed by atoms with E-state index in [9.17, 15) is 14.4 Å². The van der Waals surface area contributed by atoms with Crippen LogP contribution in [0.1, 0.15) is 22.3 Å². The topological polar surface area (TPSA) is 73.1 Å². The number of carbonyl (C=O) groups excluding carboxylic acids is 1. The summed E-state index contributed by atoms with van der Waals surface area (Å²) < 4.78 is 3.39. The molecule has 0 saturated carbocycles. The second-order valence-electron chi connectivity index (χ2n) is 8.74. The Morgan fingerprint density at radius 1 is 0.833 bits per heavy atom. The monoisotopic (exact) mass is 495 g/mol. The fourth-order valence-corrected chi connectivity index (χ4v) is 4.98. The van der Waals surface area contributed by atoms with Gasteiger partial charge in [-0.1, -0.05) is 72.3 Å². The second-order valence-corrected chi connectivity index (χ2v) is 9.65. The minimum atomic E-state index is -0.389. The van der Waals surface area contributed by atoms with Crippen molar-refractivity contribution < 1.29 is 4.79 Å². The summed E-state index contributed by atoms with van der Waals surface area (Å²) in [6.07, 6.45) is 0.212. The molecular formula is C29H25N3O3S. The maximum absolute atomic E-state index is 13.5. The molecule has 0 unspecified atom stereocenters. The van der Waals surface area contributed by atoms with Gasteiger partial charge in [0.05, 0.1) is 24.2 Å². The summed E-state index contributed by atoms with van der Waals surface area (Å²) in [5.74, 6) is -0.0933. The molecule has 36 heavy (non-hydrogen) atoms. The standard InChI is InChI=1S/C29H25N3O3S/c1-20-7-9-23(10-8-20)19-31-25-15-16-36-27(25)28(34)32(29(31)35)24-13-11-21(12-14-24)17-26(33)30-18-22-5-3-2-4-6-22/h2-16H,17-19H2,1H3,(H,30,33). The van der Waals surface area contributed by atoms with Crippen molar-refractivity contribution >= 4 is 27.5 Å². The van der Waals surface area contributed by atoms with E-state index in [1.807, 2.05) is 73.0 Å². The van der Waals surface area contributed by atoms with Gasteiger partial charge in [0, 0.05) is 6.54 Å². The van der Waals surface area contributed by atoms with Crippen molar-refractivity contribution in [2.24, 2.45) is 0 Å². The van der Waals surface area contributed by atoms with E-state index >= 15 is 0 Å². The number of fused-ring (bicyclic) bond motifs is 1. The lowest BCUT2D eigenvalue weighted by Gasteiger charge is -2.13. The summed E-state index contributed by atoms with van der Waals surface area (Å²) in [5, 5.41) is 4.75. The average molecular weight is 496 g/mol. The van der Waals surface area contributed by atoms with Crippen molar-refractivity contribution in [3.8, 4) is 5.69 Å². The molecule has 5 aromatic rings. The van der Waals surface area contributed by atoms with Crippen molar-refractivity contribution in [3.63, 3.8) is 0 Å². The normalized spacial score (nSPS) is 11.0.